The maximum absolute atomic E-state index is 13.1. The van der Waals surface area contributed by atoms with E-state index < -0.39 is 0 Å². The molecule has 2 aromatic carbocycles. The second-order valence-electron chi connectivity index (χ2n) is 7.39. The summed E-state index contributed by atoms with van der Waals surface area (Å²) < 4.78 is 1.14. The molecule has 0 fully saturated rings. The molecular weight excluding hydrogens is 505 g/mol. The fourth-order valence-electron chi connectivity index (χ4n) is 3.86. The highest BCUT2D eigenvalue weighted by molar-refractivity contribution is 7.23. The highest BCUT2D eigenvalue weighted by atomic mass is 35.5. The smallest absolute Gasteiger partial charge is 0.257 e. The summed E-state index contributed by atoms with van der Waals surface area (Å²) in [6.45, 7) is 5.08. The van der Waals surface area contributed by atoms with E-state index in [4.69, 9.17) is 28.2 Å². The van der Waals surface area contributed by atoms with Gasteiger partial charge in [-0.25, -0.2) is 4.98 Å². The lowest BCUT2D eigenvalue weighted by Crippen LogP contribution is -2.29. The first-order valence-electron chi connectivity index (χ1n) is 10.0. The van der Waals surface area contributed by atoms with Crippen LogP contribution in [0.2, 0.25) is 10.0 Å². The van der Waals surface area contributed by atoms with E-state index in [9.17, 15) is 4.79 Å². The minimum atomic E-state index is -0.263. The quantitative estimate of drug-likeness (QED) is 0.303. The summed E-state index contributed by atoms with van der Waals surface area (Å²) in [6.07, 6.45) is 0.943. The largest absolute Gasteiger partial charge is 0.313 e. The van der Waals surface area contributed by atoms with Crippen LogP contribution in [0.4, 0.5) is 5.00 Å². The van der Waals surface area contributed by atoms with Gasteiger partial charge in [0.2, 0.25) is 0 Å². The zero-order chi connectivity index (χ0) is 21.5. The number of hydrogen-bond acceptors (Lipinski definition) is 5. The molecule has 9 heteroatoms. The van der Waals surface area contributed by atoms with Gasteiger partial charge in [-0.1, -0.05) is 42.3 Å². The first-order valence-corrected chi connectivity index (χ1v) is 12.4. The van der Waals surface area contributed by atoms with Crippen molar-refractivity contribution < 1.29 is 4.79 Å². The number of nitrogens with zero attached hydrogens (tertiary/aromatic N) is 2. The van der Waals surface area contributed by atoms with Gasteiger partial charge in [0.15, 0.2) is 0 Å². The van der Waals surface area contributed by atoms with Crippen LogP contribution in [-0.4, -0.2) is 28.9 Å². The average molecular weight is 525 g/mol. The van der Waals surface area contributed by atoms with Crippen LogP contribution in [0.15, 0.2) is 42.5 Å². The first kappa shape index (κ1) is 23.5. The molecule has 0 radical (unpaired) electrons. The third-order valence-electron chi connectivity index (χ3n) is 5.49. The molecule has 3 heterocycles. The topological polar surface area (TPSA) is 45.2 Å². The predicted octanol–water partition coefficient (Wildman–Crippen LogP) is 7.38. The third-order valence-corrected chi connectivity index (χ3v) is 8.24. The number of thiazole rings is 1. The summed E-state index contributed by atoms with van der Waals surface area (Å²) >= 11 is 15.7. The summed E-state index contributed by atoms with van der Waals surface area (Å²) in [5.74, 6) is -0.263. The highest BCUT2D eigenvalue weighted by Gasteiger charge is 2.27. The van der Waals surface area contributed by atoms with E-state index in [0.29, 0.717) is 15.6 Å². The van der Waals surface area contributed by atoms with Gasteiger partial charge in [-0.05, 0) is 48.9 Å². The molecule has 0 atom stereocenters. The number of fused-ring (bicyclic) bond motifs is 2. The van der Waals surface area contributed by atoms with Crippen molar-refractivity contribution in [2.45, 2.75) is 19.9 Å². The van der Waals surface area contributed by atoms with Gasteiger partial charge in [0.05, 0.1) is 20.8 Å². The first-order chi connectivity index (χ1) is 15.0. The van der Waals surface area contributed by atoms with Gasteiger partial charge in [-0.3, -0.25) is 9.69 Å². The van der Waals surface area contributed by atoms with Crippen LogP contribution < -0.4 is 5.32 Å². The van der Waals surface area contributed by atoms with Crippen LogP contribution in [0, 0.1) is 0 Å². The van der Waals surface area contributed by atoms with Crippen molar-refractivity contribution in [2.24, 2.45) is 0 Å². The molecule has 4 aromatic rings. The molecule has 1 N–H and O–H groups in total. The van der Waals surface area contributed by atoms with E-state index in [1.54, 1.807) is 40.9 Å². The number of anilines is 1. The Balaban J connectivity index is 0.00000245. The van der Waals surface area contributed by atoms with Gasteiger partial charge in [0.1, 0.15) is 10.0 Å². The van der Waals surface area contributed by atoms with Crippen LogP contribution in [0.5, 0.6) is 0 Å². The Bertz CT molecular complexity index is 1270. The summed E-state index contributed by atoms with van der Waals surface area (Å²) in [6, 6.07) is 13.1. The van der Waals surface area contributed by atoms with Crippen molar-refractivity contribution in [3.05, 3.63) is 68.5 Å². The molecule has 1 amide bonds. The fraction of sp³-hybridized carbons (Fsp3) is 0.217. The van der Waals surface area contributed by atoms with Crippen LogP contribution in [-0.2, 0) is 13.0 Å². The molecule has 4 nitrogen and oxygen atoms in total. The van der Waals surface area contributed by atoms with E-state index in [0.717, 1.165) is 51.8 Å². The number of carbonyl (C=O) groups is 1. The number of hydrogen-bond donors (Lipinski definition) is 1. The molecule has 5 rings (SSSR count). The average Bonchev–Trinajstić information content (AvgIpc) is 3.35. The Hall–Kier alpha value is -1.67. The summed E-state index contributed by atoms with van der Waals surface area (Å²) in [7, 11) is 0. The zero-order valence-electron chi connectivity index (χ0n) is 17.2. The number of rotatable bonds is 4. The number of nitrogens with one attached hydrogen (secondary N) is 1. The number of benzene rings is 2. The van der Waals surface area contributed by atoms with Crippen LogP contribution in [0.3, 0.4) is 0 Å². The van der Waals surface area contributed by atoms with Crippen molar-refractivity contribution in [1.29, 1.82) is 0 Å². The molecule has 1 aliphatic heterocycles. The van der Waals surface area contributed by atoms with Gasteiger partial charge in [0, 0.05) is 28.6 Å². The van der Waals surface area contributed by atoms with Gasteiger partial charge >= 0.3 is 0 Å². The Kier molecular flexibility index (Phi) is 7.10. The highest BCUT2D eigenvalue weighted by Crippen LogP contribution is 2.46. The molecule has 2 aromatic heterocycles. The lowest BCUT2D eigenvalue weighted by molar-refractivity contribution is 0.102. The number of amides is 1. The number of thiophene rings is 1. The van der Waals surface area contributed by atoms with Crippen molar-refractivity contribution in [1.82, 2.24) is 9.88 Å². The van der Waals surface area contributed by atoms with Crippen LogP contribution in [0.1, 0.15) is 27.7 Å². The second-order valence-corrected chi connectivity index (χ2v) is 10.4. The minimum Gasteiger partial charge on any atom is -0.313 e. The van der Waals surface area contributed by atoms with Crippen molar-refractivity contribution >= 4 is 79.4 Å². The number of aromatic nitrogens is 1. The molecule has 32 heavy (non-hydrogen) atoms. The normalized spacial score (nSPS) is 13.6. The molecule has 166 valence electrons. The Morgan fingerprint density at radius 1 is 1.19 bits per heavy atom. The predicted molar refractivity (Wildman–Crippen MR) is 139 cm³/mol. The summed E-state index contributed by atoms with van der Waals surface area (Å²) in [4.78, 5) is 21.7. The fourth-order valence-corrected chi connectivity index (χ4v) is 6.63. The van der Waals surface area contributed by atoms with E-state index in [2.05, 4.69) is 23.2 Å². The summed E-state index contributed by atoms with van der Waals surface area (Å²) in [5.41, 5.74) is 3.68. The summed E-state index contributed by atoms with van der Waals surface area (Å²) in [5, 5.41) is 5.73. The molecular formula is C23H20Cl3N3OS2. The number of halogens is 3. The third kappa shape index (κ3) is 4.40. The van der Waals surface area contributed by atoms with Gasteiger partial charge in [-0.15, -0.1) is 35.1 Å². The molecule has 0 saturated heterocycles. The number of carbonyl (C=O) groups excluding carboxylic acids is 1. The Morgan fingerprint density at radius 3 is 2.78 bits per heavy atom. The zero-order valence-corrected chi connectivity index (χ0v) is 21.1. The molecule has 0 bridgehead atoms. The number of likely N-dealkylation sites (N-methyl/N-ethyl adjacent to an activating group) is 1. The molecule has 0 saturated carbocycles. The van der Waals surface area contributed by atoms with Gasteiger partial charge in [-0.2, -0.15) is 0 Å². The number of para-hydroxylation sites is 1. The minimum absolute atomic E-state index is 0. The molecule has 0 spiro atoms. The monoisotopic (exact) mass is 523 g/mol. The lowest BCUT2D eigenvalue weighted by Gasteiger charge is -2.25. The molecule has 0 aliphatic carbocycles. The maximum atomic E-state index is 13.1. The van der Waals surface area contributed by atoms with E-state index >= 15 is 0 Å². The molecule has 0 unspecified atom stereocenters. The SMILES string of the molecule is CCN1CCc2c(sc(NC(=O)c3cc(Cl)ccc3Cl)c2-c2nc3ccccc3s2)C1.Cl. The standard InChI is InChI=1S/C23H19Cl2N3OS2.ClH/c1-2-28-10-9-14-19(12-28)31-23(27-21(29)15-11-13(24)7-8-16(15)25)20(14)22-26-17-5-3-4-6-18(17)30-22;/h3-8,11H,2,9-10,12H2,1H3,(H,27,29);1H. The lowest BCUT2D eigenvalue weighted by atomic mass is 10.0. The molecule has 1 aliphatic rings. The van der Waals surface area contributed by atoms with Crippen LogP contribution >= 0.6 is 58.3 Å². The maximum Gasteiger partial charge on any atom is 0.257 e. The van der Waals surface area contributed by atoms with E-state index in [1.807, 2.05) is 18.2 Å². The van der Waals surface area contributed by atoms with Gasteiger partial charge < -0.3 is 5.32 Å². The second kappa shape index (κ2) is 9.67. The van der Waals surface area contributed by atoms with Crippen LogP contribution in [0.25, 0.3) is 20.8 Å². The van der Waals surface area contributed by atoms with E-state index in [1.165, 1.54) is 10.4 Å². The van der Waals surface area contributed by atoms with Crippen molar-refractivity contribution in [3.8, 4) is 10.6 Å². The van der Waals surface area contributed by atoms with Gasteiger partial charge in [0.25, 0.3) is 5.91 Å². The Morgan fingerprint density at radius 2 is 2.00 bits per heavy atom. The van der Waals surface area contributed by atoms with E-state index in [-0.39, 0.29) is 18.3 Å². The Labute approximate surface area is 210 Å². The van der Waals surface area contributed by atoms with Crippen molar-refractivity contribution in [3.63, 3.8) is 0 Å². The van der Waals surface area contributed by atoms with Crippen molar-refractivity contribution in [2.75, 3.05) is 18.4 Å².